The number of quaternary nitrogens is 1. The van der Waals surface area contributed by atoms with Crippen LogP contribution in [0.4, 0.5) is 0 Å². The molecule has 1 aromatic heterocycles. The smallest absolute Gasteiger partial charge is 0.278 e. The van der Waals surface area contributed by atoms with Crippen molar-refractivity contribution in [3.63, 3.8) is 0 Å². The molecule has 0 saturated carbocycles. The largest absolute Gasteiger partial charge is 0.497 e. The van der Waals surface area contributed by atoms with E-state index in [1.54, 1.807) is 30.5 Å². The van der Waals surface area contributed by atoms with Crippen LogP contribution in [-0.4, -0.2) is 50.7 Å². The Kier molecular flexibility index (Phi) is 6.71. The summed E-state index contributed by atoms with van der Waals surface area (Å²) < 4.78 is 11.9. The molecule has 3 rings (SSSR count). The highest BCUT2D eigenvalue weighted by molar-refractivity contribution is 7.18. The Labute approximate surface area is 175 Å². The van der Waals surface area contributed by atoms with Crippen LogP contribution in [0.25, 0.3) is 10.2 Å². The molecule has 0 bridgehead atoms. The maximum absolute atomic E-state index is 12.9. The first-order valence-electron chi connectivity index (χ1n) is 9.56. The fourth-order valence-corrected chi connectivity index (χ4v) is 4.28. The summed E-state index contributed by atoms with van der Waals surface area (Å²) in [7, 11) is 7.14. The van der Waals surface area contributed by atoms with Gasteiger partial charge in [-0.1, -0.05) is 12.1 Å². The average molecular weight is 415 g/mol. The van der Waals surface area contributed by atoms with Crippen LogP contribution in [0.1, 0.15) is 23.5 Å². The van der Waals surface area contributed by atoms with E-state index in [1.165, 1.54) is 0 Å². The zero-order valence-electron chi connectivity index (χ0n) is 17.6. The summed E-state index contributed by atoms with van der Waals surface area (Å²) in [6, 6.07) is 13.8. The molecule has 0 aliphatic carbocycles. The van der Waals surface area contributed by atoms with Crippen LogP contribution in [0, 0.1) is 0 Å². The number of hydrogen-bond acceptors (Lipinski definition) is 5. The van der Waals surface area contributed by atoms with Crippen LogP contribution in [0.5, 0.6) is 11.5 Å². The Morgan fingerprint density at radius 3 is 2.66 bits per heavy atom. The Morgan fingerprint density at radius 2 is 1.97 bits per heavy atom. The highest BCUT2D eigenvalue weighted by atomic mass is 32.1. The van der Waals surface area contributed by atoms with Gasteiger partial charge in [-0.05, 0) is 31.2 Å². The van der Waals surface area contributed by atoms with Gasteiger partial charge in [0.05, 0.1) is 37.5 Å². The van der Waals surface area contributed by atoms with E-state index in [9.17, 15) is 4.79 Å². The summed E-state index contributed by atoms with van der Waals surface area (Å²) in [5.74, 6) is 1.61. The van der Waals surface area contributed by atoms with Gasteiger partial charge in [0, 0.05) is 18.7 Å². The van der Waals surface area contributed by atoms with E-state index in [2.05, 4.69) is 6.07 Å². The molecular formula is C22H28N3O3S+. The molecule has 0 aliphatic rings. The maximum atomic E-state index is 12.9. The van der Waals surface area contributed by atoms with Crippen LogP contribution in [0.3, 0.4) is 0 Å². The second-order valence-electron chi connectivity index (χ2n) is 7.19. The van der Waals surface area contributed by atoms with Crippen molar-refractivity contribution in [3.05, 3.63) is 53.0 Å². The number of nitrogens with zero attached hydrogens (tertiary/aromatic N) is 2. The number of methoxy groups -OCH3 is 2. The molecule has 2 atom stereocenters. The number of likely N-dealkylation sites (N-methyl/N-ethyl adjacent to an activating group) is 2. The predicted octanol–water partition coefficient (Wildman–Crippen LogP) is 2.55. The molecule has 3 aromatic rings. The predicted molar refractivity (Wildman–Crippen MR) is 116 cm³/mol. The summed E-state index contributed by atoms with van der Waals surface area (Å²) in [4.78, 5) is 20.4. The van der Waals surface area contributed by atoms with E-state index in [1.807, 2.05) is 57.4 Å². The van der Waals surface area contributed by atoms with Gasteiger partial charge in [-0.25, -0.2) is 4.98 Å². The molecular weight excluding hydrogens is 386 g/mol. The molecule has 2 aromatic carbocycles. The van der Waals surface area contributed by atoms with Gasteiger partial charge in [-0.2, -0.15) is 0 Å². The normalized spacial score (nSPS) is 13.1. The molecule has 1 N–H and O–H groups in total. The number of nitrogens with one attached hydrogen (secondary N) is 1. The van der Waals surface area contributed by atoms with E-state index in [4.69, 9.17) is 14.5 Å². The van der Waals surface area contributed by atoms with Gasteiger partial charge in [0.2, 0.25) is 0 Å². The number of rotatable bonds is 8. The molecule has 0 fully saturated rings. The third-order valence-corrected chi connectivity index (χ3v) is 6.29. The van der Waals surface area contributed by atoms with Crippen molar-refractivity contribution in [2.24, 2.45) is 0 Å². The lowest BCUT2D eigenvalue weighted by Gasteiger charge is -2.25. The van der Waals surface area contributed by atoms with Crippen molar-refractivity contribution in [1.29, 1.82) is 0 Å². The Hall–Kier alpha value is -2.64. The molecule has 1 amide bonds. The molecule has 0 spiro atoms. The van der Waals surface area contributed by atoms with E-state index in [0.29, 0.717) is 13.1 Å². The van der Waals surface area contributed by atoms with E-state index >= 15 is 0 Å². The van der Waals surface area contributed by atoms with Crippen LogP contribution in [0.2, 0.25) is 0 Å². The summed E-state index contributed by atoms with van der Waals surface area (Å²) >= 11 is 1.64. The zero-order chi connectivity index (χ0) is 21.0. The van der Waals surface area contributed by atoms with Crippen LogP contribution < -0.4 is 14.4 Å². The van der Waals surface area contributed by atoms with E-state index in [0.717, 1.165) is 37.2 Å². The molecule has 0 aliphatic heterocycles. The summed E-state index contributed by atoms with van der Waals surface area (Å²) in [5, 5.41) is 0.955. The number of aromatic nitrogens is 1. The number of fused-ring (bicyclic) bond motifs is 1. The Morgan fingerprint density at radius 1 is 1.21 bits per heavy atom. The van der Waals surface area contributed by atoms with Crippen molar-refractivity contribution in [2.45, 2.75) is 19.5 Å². The third kappa shape index (κ3) is 4.86. The number of benzene rings is 2. The van der Waals surface area contributed by atoms with Crippen molar-refractivity contribution < 1.29 is 19.2 Å². The highest BCUT2D eigenvalue weighted by Crippen LogP contribution is 2.28. The first-order chi connectivity index (χ1) is 13.9. The van der Waals surface area contributed by atoms with Gasteiger partial charge in [0.25, 0.3) is 5.91 Å². The number of carbonyl (C=O) groups excluding carboxylic acids is 1. The number of amides is 1. The highest BCUT2D eigenvalue weighted by Gasteiger charge is 2.23. The molecule has 6 nitrogen and oxygen atoms in total. The summed E-state index contributed by atoms with van der Waals surface area (Å²) in [6.07, 6.45) is 0. The zero-order valence-corrected chi connectivity index (χ0v) is 18.4. The number of carbonyl (C=O) groups is 1. The van der Waals surface area contributed by atoms with Gasteiger partial charge in [0.1, 0.15) is 23.1 Å². The quantitative estimate of drug-likeness (QED) is 0.616. The van der Waals surface area contributed by atoms with Crippen molar-refractivity contribution in [2.75, 3.05) is 34.9 Å². The van der Waals surface area contributed by atoms with Crippen LogP contribution >= 0.6 is 11.3 Å². The second kappa shape index (κ2) is 9.24. The SMILES string of the molecule is COc1ccc(C[NH+](C)CC(=O)N(C)[C@@H](C)c2nc3ccccc3s2)c(OC)c1. The van der Waals surface area contributed by atoms with Crippen molar-refractivity contribution in [3.8, 4) is 11.5 Å². The first-order valence-corrected chi connectivity index (χ1v) is 10.4. The lowest BCUT2D eigenvalue weighted by Crippen LogP contribution is -3.08. The van der Waals surface area contributed by atoms with Gasteiger partial charge in [-0.15, -0.1) is 11.3 Å². The minimum Gasteiger partial charge on any atom is -0.497 e. The molecule has 0 saturated heterocycles. The minimum atomic E-state index is -0.0665. The third-order valence-electron chi connectivity index (χ3n) is 5.08. The molecule has 1 unspecified atom stereocenters. The molecule has 154 valence electrons. The van der Waals surface area contributed by atoms with E-state index in [-0.39, 0.29) is 11.9 Å². The monoisotopic (exact) mass is 414 g/mol. The first kappa shape index (κ1) is 21.1. The average Bonchev–Trinajstić information content (AvgIpc) is 3.17. The van der Waals surface area contributed by atoms with Gasteiger partial charge in [0.15, 0.2) is 6.54 Å². The van der Waals surface area contributed by atoms with Crippen molar-refractivity contribution >= 4 is 27.5 Å². The second-order valence-corrected chi connectivity index (χ2v) is 8.25. The minimum absolute atomic E-state index is 0.0665. The fraction of sp³-hybridized carbons (Fsp3) is 0.364. The van der Waals surface area contributed by atoms with Gasteiger partial charge < -0.3 is 19.3 Å². The fourth-order valence-electron chi connectivity index (χ4n) is 3.22. The molecule has 0 radical (unpaired) electrons. The molecule has 29 heavy (non-hydrogen) atoms. The summed E-state index contributed by atoms with van der Waals surface area (Å²) in [6.45, 7) is 3.10. The standard InChI is InChI=1S/C22H27N3O3S/c1-15(22-23-18-8-6-7-9-20(18)29-22)25(3)21(26)14-24(2)13-16-10-11-17(27-4)12-19(16)28-5/h6-12,15H,13-14H2,1-5H3/p+1/t15-/m0/s1. The summed E-state index contributed by atoms with van der Waals surface area (Å²) in [5.41, 5.74) is 2.02. The number of thiazole rings is 1. The lowest BCUT2D eigenvalue weighted by atomic mass is 10.1. The van der Waals surface area contributed by atoms with Gasteiger partial charge >= 0.3 is 0 Å². The van der Waals surface area contributed by atoms with E-state index < -0.39 is 0 Å². The molecule has 1 heterocycles. The van der Waals surface area contributed by atoms with Gasteiger partial charge in [-0.3, -0.25) is 4.79 Å². The Balaban J connectivity index is 1.64. The maximum Gasteiger partial charge on any atom is 0.278 e. The Bertz CT molecular complexity index is 955. The lowest BCUT2D eigenvalue weighted by molar-refractivity contribution is -0.885. The van der Waals surface area contributed by atoms with Crippen LogP contribution in [-0.2, 0) is 11.3 Å². The van der Waals surface area contributed by atoms with Crippen LogP contribution in [0.15, 0.2) is 42.5 Å². The topological polar surface area (TPSA) is 56.1 Å². The number of hydrogen-bond donors (Lipinski definition) is 1. The molecule has 7 heteroatoms. The van der Waals surface area contributed by atoms with Crippen molar-refractivity contribution in [1.82, 2.24) is 9.88 Å². The number of ether oxygens (including phenoxy) is 2. The number of para-hydroxylation sites is 1.